The van der Waals surface area contributed by atoms with Crippen molar-refractivity contribution in [3.8, 4) is 0 Å². The number of hydrogen-bond acceptors (Lipinski definition) is 2. The van der Waals surface area contributed by atoms with E-state index >= 15 is 0 Å². The van der Waals surface area contributed by atoms with Crippen LogP contribution in [0.15, 0.2) is 18.3 Å². The van der Waals surface area contributed by atoms with E-state index in [2.05, 4.69) is 30.2 Å². The van der Waals surface area contributed by atoms with E-state index in [0.29, 0.717) is 6.04 Å². The number of hydrogen-bond donors (Lipinski definition) is 1. The molecule has 0 aromatic carbocycles. The van der Waals surface area contributed by atoms with E-state index in [0.717, 1.165) is 12.5 Å². The molecule has 1 aromatic heterocycles. The van der Waals surface area contributed by atoms with Crippen molar-refractivity contribution in [1.29, 1.82) is 0 Å². The van der Waals surface area contributed by atoms with Crippen LogP contribution in [-0.2, 0) is 6.54 Å². The highest BCUT2D eigenvalue weighted by molar-refractivity contribution is 5.17. The molecule has 1 aliphatic rings. The zero-order chi connectivity index (χ0) is 12.1. The fourth-order valence-corrected chi connectivity index (χ4v) is 2.90. The molecule has 1 aromatic rings. The predicted molar refractivity (Wildman–Crippen MR) is 71.9 cm³/mol. The van der Waals surface area contributed by atoms with Gasteiger partial charge in [0.25, 0.3) is 0 Å². The lowest BCUT2D eigenvalue weighted by Crippen LogP contribution is -2.38. The Balaban J connectivity index is 1.90. The van der Waals surface area contributed by atoms with Crippen molar-refractivity contribution in [2.45, 2.75) is 58.5 Å². The van der Waals surface area contributed by atoms with Crippen LogP contribution in [-0.4, -0.2) is 11.0 Å². The topological polar surface area (TPSA) is 24.9 Å². The standard InChI is InChI=1S/C15H24N2/c1-3-13-8-4-5-9-14(13)17-11-15-12(2)7-6-10-16-15/h6-7,10,13-14,17H,3-5,8-9,11H2,1-2H3. The first-order chi connectivity index (χ1) is 8.31. The van der Waals surface area contributed by atoms with E-state index in [9.17, 15) is 0 Å². The van der Waals surface area contributed by atoms with Crippen molar-refractivity contribution in [2.24, 2.45) is 5.92 Å². The Kier molecular flexibility index (Phi) is 4.55. The number of rotatable bonds is 4. The van der Waals surface area contributed by atoms with Gasteiger partial charge in [-0.3, -0.25) is 4.98 Å². The van der Waals surface area contributed by atoms with Gasteiger partial charge in [-0.2, -0.15) is 0 Å². The molecule has 0 bridgehead atoms. The Morgan fingerprint density at radius 2 is 2.18 bits per heavy atom. The molecule has 1 N–H and O–H groups in total. The summed E-state index contributed by atoms with van der Waals surface area (Å²) < 4.78 is 0. The van der Waals surface area contributed by atoms with Gasteiger partial charge in [0.2, 0.25) is 0 Å². The lowest BCUT2D eigenvalue weighted by atomic mass is 9.83. The summed E-state index contributed by atoms with van der Waals surface area (Å²) in [6, 6.07) is 4.85. The summed E-state index contributed by atoms with van der Waals surface area (Å²) in [7, 11) is 0. The smallest absolute Gasteiger partial charge is 0.0570 e. The van der Waals surface area contributed by atoms with Gasteiger partial charge in [-0.15, -0.1) is 0 Å². The lowest BCUT2D eigenvalue weighted by molar-refractivity contribution is 0.253. The van der Waals surface area contributed by atoms with Crippen molar-refractivity contribution in [2.75, 3.05) is 0 Å². The number of pyridine rings is 1. The van der Waals surface area contributed by atoms with Gasteiger partial charge in [-0.05, 0) is 37.3 Å². The molecule has 94 valence electrons. The Morgan fingerprint density at radius 3 is 2.94 bits per heavy atom. The summed E-state index contributed by atoms with van der Waals surface area (Å²) in [4.78, 5) is 4.45. The highest BCUT2D eigenvalue weighted by Crippen LogP contribution is 2.26. The van der Waals surface area contributed by atoms with E-state index in [-0.39, 0.29) is 0 Å². The second-order valence-electron chi connectivity index (χ2n) is 5.21. The third kappa shape index (κ3) is 3.29. The minimum atomic E-state index is 0.704. The Hall–Kier alpha value is -0.890. The summed E-state index contributed by atoms with van der Waals surface area (Å²) in [6.45, 7) is 5.38. The Labute approximate surface area is 105 Å². The van der Waals surface area contributed by atoms with Gasteiger partial charge >= 0.3 is 0 Å². The fraction of sp³-hybridized carbons (Fsp3) is 0.667. The van der Waals surface area contributed by atoms with Crippen LogP contribution < -0.4 is 5.32 Å². The van der Waals surface area contributed by atoms with Crippen LogP contribution in [0.2, 0.25) is 0 Å². The van der Waals surface area contributed by atoms with Gasteiger partial charge in [0, 0.05) is 18.8 Å². The molecule has 1 heterocycles. The average Bonchev–Trinajstić information content (AvgIpc) is 2.38. The first-order valence-electron chi connectivity index (χ1n) is 6.95. The molecule has 0 saturated heterocycles. The molecule has 1 saturated carbocycles. The zero-order valence-corrected chi connectivity index (χ0v) is 11.1. The Morgan fingerprint density at radius 1 is 1.35 bits per heavy atom. The largest absolute Gasteiger partial charge is 0.308 e. The maximum absolute atomic E-state index is 4.45. The second kappa shape index (κ2) is 6.15. The molecular weight excluding hydrogens is 208 g/mol. The predicted octanol–water partition coefficient (Wildman–Crippen LogP) is 3.45. The molecule has 2 unspecified atom stereocenters. The normalized spacial score (nSPS) is 24.8. The van der Waals surface area contributed by atoms with Crippen molar-refractivity contribution in [1.82, 2.24) is 10.3 Å². The highest BCUT2D eigenvalue weighted by atomic mass is 14.9. The number of nitrogens with one attached hydrogen (secondary N) is 1. The van der Waals surface area contributed by atoms with Gasteiger partial charge in [0.1, 0.15) is 0 Å². The van der Waals surface area contributed by atoms with Crippen molar-refractivity contribution in [3.05, 3.63) is 29.6 Å². The minimum absolute atomic E-state index is 0.704. The van der Waals surface area contributed by atoms with Crippen LogP contribution >= 0.6 is 0 Å². The minimum Gasteiger partial charge on any atom is -0.308 e. The highest BCUT2D eigenvalue weighted by Gasteiger charge is 2.22. The SMILES string of the molecule is CCC1CCCCC1NCc1ncccc1C. The molecule has 17 heavy (non-hydrogen) atoms. The molecule has 0 radical (unpaired) electrons. The van der Waals surface area contributed by atoms with Crippen LogP contribution in [0.1, 0.15) is 50.3 Å². The van der Waals surface area contributed by atoms with Crippen LogP contribution in [0, 0.1) is 12.8 Å². The summed E-state index contributed by atoms with van der Waals surface area (Å²) in [6.07, 6.45) is 8.73. The van der Waals surface area contributed by atoms with E-state index in [1.54, 1.807) is 0 Å². The second-order valence-corrected chi connectivity index (χ2v) is 5.21. The quantitative estimate of drug-likeness (QED) is 0.860. The first kappa shape index (κ1) is 12.6. The van der Waals surface area contributed by atoms with E-state index < -0.39 is 0 Å². The zero-order valence-electron chi connectivity index (χ0n) is 11.1. The first-order valence-corrected chi connectivity index (χ1v) is 6.95. The van der Waals surface area contributed by atoms with Gasteiger partial charge in [0.15, 0.2) is 0 Å². The van der Waals surface area contributed by atoms with Crippen LogP contribution in [0.25, 0.3) is 0 Å². The summed E-state index contributed by atoms with van der Waals surface area (Å²) >= 11 is 0. The van der Waals surface area contributed by atoms with Gasteiger partial charge in [-0.25, -0.2) is 0 Å². The molecular formula is C15H24N2. The van der Waals surface area contributed by atoms with E-state index in [4.69, 9.17) is 0 Å². The average molecular weight is 232 g/mol. The molecule has 1 fully saturated rings. The third-order valence-corrected chi connectivity index (χ3v) is 4.08. The molecule has 2 heteroatoms. The van der Waals surface area contributed by atoms with Crippen LogP contribution in [0.3, 0.4) is 0 Å². The fourth-order valence-electron chi connectivity index (χ4n) is 2.90. The van der Waals surface area contributed by atoms with Gasteiger partial charge < -0.3 is 5.32 Å². The van der Waals surface area contributed by atoms with E-state index in [1.807, 2.05) is 12.3 Å². The molecule has 0 aliphatic heterocycles. The molecule has 2 rings (SSSR count). The van der Waals surface area contributed by atoms with Crippen molar-refractivity contribution >= 4 is 0 Å². The summed E-state index contributed by atoms with van der Waals surface area (Å²) in [5, 5.41) is 3.72. The van der Waals surface area contributed by atoms with E-state index in [1.165, 1.54) is 43.4 Å². The van der Waals surface area contributed by atoms with Crippen LogP contribution in [0.5, 0.6) is 0 Å². The maximum Gasteiger partial charge on any atom is 0.0570 e. The molecule has 2 atom stereocenters. The lowest BCUT2D eigenvalue weighted by Gasteiger charge is -2.31. The third-order valence-electron chi connectivity index (χ3n) is 4.08. The number of nitrogens with zero attached hydrogens (tertiary/aromatic N) is 1. The van der Waals surface area contributed by atoms with Crippen molar-refractivity contribution < 1.29 is 0 Å². The Bertz CT molecular complexity index is 349. The molecule has 2 nitrogen and oxygen atoms in total. The van der Waals surface area contributed by atoms with Crippen molar-refractivity contribution in [3.63, 3.8) is 0 Å². The van der Waals surface area contributed by atoms with Gasteiger partial charge in [0.05, 0.1) is 5.69 Å². The molecule has 0 spiro atoms. The van der Waals surface area contributed by atoms with Crippen LogP contribution in [0.4, 0.5) is 0 Å². The summed E-state index contributed by atoms with van der Waals surface area (Å²) in [5.41, 5.74) is 2.50. The summed E-state index contributed by atoms with van der Waals surface area (Å²) in [5.74, 6) is 0.868. The number of aryl methyl sites for hydroxylation is 1. The van der Waals surface area contributed by atoms with Gasteiger partial charge in [-0.1, -0.05) is 32.3 Å². The molecule has 1 aliphatic carbocycles. The monoisotopic (exact) mass is 232 g/mol. The maximum atomic E-state index is 4.45. The number of aromatic nitrogens is 1. The molecule has 0 amide bonds.